The first-order valence-electron chi connectivity index (χ1n) is 6.82. The quantitative estimate of drug-likeness (QED) is 0.912. The van der Waals surface area contributed by atoms with Crippen molar-refractivity contribution in [2.45, 2.75) is 13.0 Å². The van der Waals surface area contributed by atoms with Gasteiger partial charge in [-0.25, -0.2) is 4.79 Å². The van der Waals surface area contributed by atoms with E-state index in [0.717, 1.165) is 5.56 Å². The lowest BCUT2D eigenvalue weighted by Gasteiger charge is -2.19. The summed E-state index contributed by atoms with van der Waals surface area (Å²) in [6.07, 6.45) is -0.0717. The van der Waals surface area contributed by atoms with Gasteiger partial charge in [-0.1, -0.05) is 30.3 Å². The molecule has 20 heavy (non-hydrogen) atoms. The van der Waals surface area contributed by atoms with Gasteiger partial charge in [-0.05, 0) is 23.3 Å². The summed E-state index contributed by atoms with van der Waals surface area (Å²) in [5.74, 6) is 0.221. The summed E-state index contributed by atoms with van der Waals surface area (Å²) < 4.78 is 5.27. The van der Waals surface area contributed by atoms with E-state index in [9.17, 15) is 9.59 Å². The molecule has 3 rings (SSSR count). The van der Waals surface area contributed by atoms with Crippen LogP contribution in [0.3, 0.4) is 0 Å². The Morgan fingerprint density at radius 3 is 2.45 bits per heavy atom. The molecule has 1 aromatic rings. The van der Waals surface area contributed by atoms with Gasteiger partial charge in [0.05, 0.1) is 0 Å². The van der Waals surface area contributed by atoms with Crippen LogP contribution in [0.1, 0.15) is 12.0 Å². The molecule has 5 nitrogen and oxygen atoms in total. The van der Waals surface area contributed by atoms with Crippen molar-refractivity contribution in [2.24, 2.45) is 17.8 Å². The number of piperidine rings is 1. The van der Waals surface area contributed by atoms with Gasteiger partial charge in [0.1, 0.15) is 6.61 Å². The summed E-state index contributed by atoms with van der Waals surface area (Å²) in [6, 6.07) is 9.56. The third kappa shape index (κ3) is 2.61. The maximum atomic E-state index is 11.9. The third-order valence-corrected chi connectivity index (χ3v) is 4.25. The Balaban J connectivity index is 1.44. The maximum Gasteiger partial charge on any atom is 0.410 e. The van der Waals surface area contributed by atoms with Crippen LogP contribution in [0.2, 0.25) is 0 Å². The van der Waals surface area contributed by atoms with Gasteiger partial charge in [-0.2, -0.15) is 0 Å². The monoisotopic (exact) mass is 275 g/mol. The molecule has 1 saturated carbocycles. The van der Waals surface area contributed by atoms with E-state index in [-0.39, 0.29) is 25.0 Å². The summed E-state index contributed by atoms with van der Waals surface area (Å²) in [7, 11) is 0. The summed E-state index contributed by atoms with van der Waals surface area (Å²) in [5.41, 5.74) is 0.967. The van der Waals surface area contributed by atoms with Crippen molar-refractivity contribution in [2.75, 3.05) is 13.1 Å². The van der Waals surface area contributed by atoms with E-state index < -0.39 is 5.97 Å². The molecule has 5 heteroatoms. The van der Waals surface area contributed by atoms with E-state index in [2.05, 4.69) is 0 Å². The zero-order valence-electron chi connectivity index (χ0n) is 11.1. The Hall–Kier alpha value is -2.04. The van der Waals surface area contributed by atoms with Crippen molar-refractivity contribution in [3.63, 3.8) is 0 Å². The number of nitrogens with zero attached hydrogens (tertiary/aromatic N) is 1. The fraction of sp³-hybridized carbons (Fsp3) is 0.467. The van der Waals surface area contributed by atoms with Crippen LogP contribution >= 0.6 is 0 Å². The topological polar surface area (TPSA) is 66.8 Å². The Morgan fingerprint density at radius 2 is 1.85 bits per heavy atom. The number of likely N-dealkylation sites (tertiary alicyclic amines) is 1. The van der Waals surface area contributed by atoms with E-state index in [0.29, 0.717) is 24.9 Å². The van der Waals surface area contributed by atoms with Crippen molar-refractivity contribution >= 4 is 12.1 Å². The number of amides is 1. The van der Waals surface area contributed by atoms with E-state index >= 15 is 0 Å². The van der Waals surface area contributed by atoms with Crippen molar-refractivity contribution in [1.82, 2.24) is 4.90 Å². The van der Waals surface area contributed by atoms with Gasteiger partial charge < -0.3 is 14.7 Å². The molecule has 1 amide bonds. The Kier molecular flexibility index (Phi) is 3.34. The number of carbonyl (C=O) groups excluding carboxylic acids is 1. The van der Waals surface area contributed by atoms with E-state index in [4.69, 9.17) is 9.84 Å². The van der Waals surface area contributed by atoms with E-state index in [1.165, 1.54) is 0 Å². The zero-order valence-corrected chi connectivity index (χ0v) is 11.1. The average Bonchev–Trinajstić information content (AvgIpc) is 2.89. The van der Waals surface area contributed by atoms with Gasteiger partial charge >= 0.3 is 12.1 Å². The lowest BCUT2D eigenvalue weighted by Crippen LogP contribution is -2.32. The largest absolute Gasteiger partial charge is 0.481 e. The second-order valence-corrected chi connectivity index (χ2v) is 5.53. The highest BCUT2D eigenvalue weighted by molar-refractivity contribution is 5.70. The van der Waals surface area contributed by atoms with Crippen LogP contribution < -0.4 is 0 Å². The molecule has 1 aliphatic carbocycles. The number of ether oxygens (including phenoxy) is 1. The molecule has 1 aromatic carbocycles. The fourth-order valence-electron chi connectivity index (χ4n) is 3.11. The summed E-state index contributed by atoms with van der Waals surface area (Å²) in [6.45, 7) is 1.55. The first kappa shape index (κ1) is 13.0. The van der Waals surface area contributed by atoms with Gasteiger partial charge in [0, 0.05) is 19.5 Å². The number of hydrogen-bond acceptors (Lipinski definition) is 3. The predicted molar refractivity (Wildman–Crippen MR) is 70.9 cm³/mol. The Morgan fingerprint density at radius 1 is 1.20 bits per heavy atom. The molecule has 1 unspecified atom stereocenters. The molecule has 2 fully saturated rings. The third-order valence-electron chi connectivity index (χ3n) is 4.25. The number of fused-ring (bicyclic) bond motifs is 1. The molecule has 0 aromatic heterocycles. The average molecular weight is 275 g/mol. The van der Waals surface area contributed by atoms with Gasteiger partial charge in [-0.3, -0.25) is 4.79 Å². The summed E-state index contributed by atoms with van der Waals surface area (Å²) in [5, 5.41) is 8.76. The van der Waals surface area contributed by atoms with Crippen LogP contribution in [0.4, 0.5) is 4.79 Å². The minimum absolute atomic E-state index is 0.224. The molecule has 1 heterocycles. The molecular formula is C15H17NO4. The Labute approximate surface area is 117 Å². The van der Waals surface area contributed by atoms with Crippen molar-refractivity contribution in [3.05, 3.63) is 35.9 Å². The van der Waals surface area contributed by atoms with Crippen LogP contribution in [-0.4, -0.2) is 35.2 Å². The first-order valence-corrected chi connectivity index (χ1v) is 6.82. The maximum absolute atomic E-state index is 11.9. The van der Waals surface area contributed by atoms with Crippen molar-refractivity contribution < 1.29 is 19.4 Å². The molecule has 3 atom stereocenters. The molecule has 0 bridgehead atoms. The molecule has 1 N–H and O–H groups in total. The standard InChI is InChI=1S/C15H17NO4/c17-14(18)6-11-12-7-16(8-13(11)12)15(19)20-9-10-4-2-1-3-5-10/h1-5,11-13H,6-9H2,(H,17,18)/t11?,12-,13+. The number of carboxylic acids is 1. The van der Waals surface area contributed by atoms with E-state index in [1.54, 1.807) is 4.90 Å². The first-order chi connectivity index (χ1) is 9.65. The van der Waals surface area contributed by atoms with Crippen LogP contribution in [0, 0.1) is 17.8 Å². The minimum atomic E-state index is -0.748. The van der Waals surface area contributed by atoms with Crippen molar-refractivity contribution in [1.29, 1.82) is 0 Å². The molecule has 0 spiro atoms. The second-order valence-electron chi connectivity index (χ2n) is 5.53. The van der Waals surface area contributed by atoms with Crippen LogP contribution in [-0.2, 0) is 16.1 Å². The number of benzene rings is 1. The van der Waals surface area contributed by atoms with Gasteiger partial charge in [0.25, 0.3) is 0 Å². The van der Waals surface area contributed by atoms with Gasteiger partial charge in [0.15, 0.2) is 0 Å². The molecular weight excluding hydrogens is 258 g/mol. The molecule has 1 saturated heterocycles. The Bertz CT molecular complexity index is 504. The van der Waals surface area contributed by atoms with E-state index in [1.807, 2.05) is 30.3 Å². The highest BCUT2D eigenvalue weighted by Crippen LogP contribution is 2.53. The highest BCUT2D eigenvalue weighted by Gasteiger charge is 2.57. The normalized spacial score (nSPS) is 27.0. The van der Waals surface area contributed by atoms with Crippen LogP contribution in [0.5, 0.6) is 0 Å². The van der Waals surface area contributed by atoms with Gasteiger partial charge in [0.2, 0.25) is 0 Å². The smallest absolute Gasteiger partial charge is 0.410 e. The molecule has 1 aliphatic heterocycles. The summed E-state index contributed by atoms with van der Waals surface area (Å²) >= 11 is 0. The van der Waals surface area contributed by atoms with Crippen LogP contribution in [0.25, 0.3) is 0 Å². The van der Waals surface area contributed by atoms with Crippen molar-refractivity contribution in [3.8, 4) is 0 Å². The number of rotatable bonds is 4. The number of aliphatic carboxylic acids is 1. The molecule has 2 aliphatic rings. The second kappa shape index (κ2) is 5.15. The predicted octanol–water partition coefficient (Wildman–Crippen LogP) is 1.98. The number of hydrogen-bond donors (Lipinski definition) is 1. The fourth-order valence-corrected chi connectivity index (χ4v) is 3.11. The lowest BCUT2D eigenvalue weighted by molar-refractivity contribution is -0.137. The molecule has 0 radical (unpaired) electrons. The van der Waals surface area contributed by atoms with Gasteiger partial charge in [-0.15, -0.1) is 0 Å². The van der Waals surface area contributed by atoms with Crippen LogP contribution in [0.15, 0.2) is 30.3 Å². The minimum Gasteiger partial charge on any atom is -0.481 e. The zero-order chi connectivity index (χ0) is 14.1. The lowest BCUT2D eigenvalue weighted by atomic mass is 10.2. The highest BCUT2D eigenvalue weighted by atomic mass is 16.6. The summed E-state index contributed by atoms with van der Waals surface area (Å²) in [4.78, 5) is 24.2. The SMILES string of the molecule is O=C(O)CC1[C@H]2CN(C(=O)OCc3ccccc3)C[C@@H]12. The number of carboxylic acid groups (broad SMARTS) is 1. The molecule has 106 valence electrons. The number of carbonyl (C=O) groups is 2.